The quantitative estimate of drug-likeness (QED) is 0.672. The summed E-state index contributed by atoms with van der Waals surface area (Å²) in [6, 6.07) is 8.59. The number of hydrogen-bond acceptors (Lipinski definition) is 4. The van der Waals surface area contributed by atoms with Gasteiger partial charge in [0.05, 0.1) is 11.8 Å². The molecule has 2 aromatic rings. The largest absolute Gasteiger partial charge is 0.505 e. The lowest BCUT2D eigenvalue weighted by Crippen LogP contribution is -2.18. The molecule has 0 spiro atoms. The van der Waals surface area contributed by atoms with Gasteiger partial charge in [-0.1, -0.05) is 6.07 Å². The molecule has 7 heteroatoms. The Labute approximate surface area is 131 Å². The summed E-state index contributed by atoms with van der Waals surface area (Å²) in [6.07, 6.45) is 0.804. The number of phenolic OH excluding ortho intramolecular Hbond substituents is 1. The lowest BCUT2D eigenvalue weighted by atomic mass is 10.2. The van der Waals surface area contributed by atoms with Gasteiger partial charge < -0.3 is 10.0 Å². The first-order valence-corrected chi connectivity index (χ1v) is 6.68. The van der Waals surface area contributed by atoms with E-state index in [1.807, 2.05) is 25.1 Å². The number of nitrogens with one attached hydrogen (secondary N) is 1. The molecular weight excluding hydrogens is 304 g/mol. The van der Waals surface area contributed by atoms with E-state index in [2.05, 4.69) is 10.5 Å². The number of carbonyl (C=O) groups excluding carboxylic acids is 1. The highest BCUT2D eigenvalue weighted by Crippen LogP contribution is 2.20. The van der Waals surface area contributed by atoms with E-state index in [4.69, 9.17) is 0 Å². The molecule has 0 heterocycles. The molecular formula is C16H15F2N3O2. The van der Waals surface area contributed by atoms with Crippen molar-refractivity contribution in [3.8, 4) is 5.75 Å². The normalized spacial score (nSPS) is 10.8. The molecule has 0 aromatic heterocycles. The third kappa shape index (κ3) is 3.82. The maximum absolute atomic E-state index is 13.6. The van der Waals surface area contributed by atoms with Crippen molar-refractivity contribution in [2.24, 2.45) is 5.10 Å². The highest BCUT2D eigenvalue weighted by atomic mass is 19.1. The topological polar surface area (TPSA) is 64.9 Å². The maximum atomic E-state index is 13.6. The molecule has 2 rings (SSSR count). The molecule has 0 fully saturated rings. The smallest absolute Gasteiger partial charge is 0.271 e. The number of amides is 1. The van der Waals surface area contributed by atoms with Crippen LogP contribution in [0.4, 0.5) is 14.5 Å². The summed E-state index contributed by atoms with van der Waals surface area (Å²) in [4.78, 5) is 13.8. The SMILES string of the molecule is CN(C)c1cccc(C(=O)N/N=C/c2c(F)ccc(O)c2F)c1. The first-order chi connectivity index (χ1) is 10.9. The van der Waals surface area contributed by atoms with Crippen molar-refractivity contribution in [2.75, 3.05) is 19.0 Å². The number of halogens is 2. The fourth-order valence-electron chi connectivity index (χ4n) is 1.82. The first kappa shape index (κ1) is 16.4. The minimum atomic E-state index is -1.14. The zero-order chi connectivity index (χ0) is 17.0. The van der Waals surface area contributed by atoms with Crippen LogP contribution in [0.25, 0.3) is 0 Å². The highest BCUT2D eigenvalue weighted by Gasteiger charge is 2.11. The van der Waals surface area contributed by atoms with Crippen molar-refractivity contribution in [3.63, 3.8) is 0 Å². The van der Waals surface area contributed by atoms with E-state index in [9.17, 15) is 18.7 Å². The van der Waals surface area contributed by atoms with Gasteiger partial charge in [0, 0.05) is 25.3 Å². The standard InChI is InChI=1S/C16H15F2N3O2/c1-21(2)11-5-3-4-10(8-11)16(23)20-19-9-12-13(17)6-7-14(22)15(12)18/h3-9,22H,1-2H3,(H,20,23)/b19-9+. The lowest BCUT2D eigenvalue weighted by Gasteiger charge is -2.12. The molecule has 0 radical (unpaired) electrons. The van der Waals surface area contributed by atoms with Gasteiger partial charge in [-0.15, -0.1) is 0 Å². The minimum absolute atomic E-state index is 0.352. The Morgan fingerprint density at radius 3 is 2.70 bits per heavy atom. The summed E-state index contributed by atoms with van der Waals surface area (Å²) in [5, 5.41) is 12.7. The second kappa shape index (κ2) is 6.87. The summed E-state index contributed by atoms with van der Waals surface area (Å²) in [5.41, 5.74) is 2.83. The Bertz CT molecular complexity index is 761. The average Bonchev–Trinajstić information content (AvgIpc) is 2.54. The van der Waals surface area contributed by atoms with E-state index >= 15 is 0 Å². The second-order valence-electron chi connectivity index (χ2n) is 4.94. The van der Waals surface area contributed by atoms with E-state index in [0.29, 0.717) is 5.56 Å². The third-order valence-corrected chi connectivity index (χ3v) is 3.09. The number of benzene rings is 2. The molecule has 0 aliphatic carbocycles. The van der Waals surface area contributed by atoms with Gasteiger partial charge in [0.1, 0.15) is 5.82 Å². The van der Waals surface area contributed by atoms with Crippen molar-refractivity contribution in [1.29, 1.82) is 0 Å². The van der Waals surface area contributed by atoms with Gasteiger partial charge in [-0.25, -0.2) is 14.2 Å². The number of aromatic hydroxyl groups is 1. The van der Waals surface area contributed by atoms with Gasteiger partial charge in [0.15, 0.2) is 11.6 Å². The average molecular weight is 319 g/mol. The van der Waals surface area contributed by atoms with Gasteiger partial charge in [0.2, 0.25) is 0 Å². The van der Waals surface area contributed by atoms with Crippen molar-refractivity contribution < 1.29 is 18.7 Å². The van der Waals surface area contributed by atoms with Crippen LogP contribution in [0.15, 0.2) is 41.5 Å². The van der Waals surface area contributed by atoms with Crippen LogP contribution in [-0.2, 0) is 0 Å². The Hall–Kier alpha value is -2.96. The van der Waals surface area contributed by atoms with Crippen molar-refractivity contribution in [3.05, 3.63) is 59.2 Å². The van der Waals surface area contributed by atoms with Crippen molar-refractivity contribution in [2.45, 2.75) is 0 Å². The van der Waals surface area contributed by atoms with Crippen LogP contribution in [0.3, 0.4) is 0 Å². The third-order valence-electron chi connectivity index (χ3n) is 3.09. The molecule has 0 atom stereocenters. The van der Waals surface area contributed by atoms with Gasteiger partial charge in [0.25, 0.3) is 5.91 Å². The molecule has 0 bridgehead atoms. The van der Waals surface area contributed by atoms with Gasteiger partial charge in [-0.05, 0) is 30.3 Å². The zero-order valence-electron chi connectivity index (χ0n) is 12.5. The summed E-state index contributed by atoms with van der Waals surface area (Å²) < 4.78 is 27.0. The Balaban J connectivity index is 2.13. The Morgan fingerprint density at radius 1 is 1.26 bits per heavy atom. The predicted octanol–water partition coefficient (Wildman–Crippen LogP) is 2.50. The summed E-state index contributed by atoms with van der Waals surface area (Å²) in [5.74, 6) is -3.26. The number of hydrogen-bond donors (Lipinski definition) is 2. The molecule has 0 unspecified atom stereocenters. The van der Waals surface area contributed by atoms with Crippen LogP contribution in [0.1, 0.15) is 15.9 Å². The minimum Gasteiger partial charge on any atom is -0.505 e. The number of anilines is 1. The molecule has 1 amide bonds. The maximum Gasteiger partial charge on any atom is 0.271 e. The van der Waals surface area contributed by atoms with E-state index in [1.54, 1.807) is 18.2 Å². The molecule has 5 nitrogen and oxygen atoms in total. The second-order valence-corrected chi connectivity index (χ2v) is 4.94. The summed E-state index contributed by atoms with van der Waals surface area (Å²) in [7, 11) is 3.67. The number of carbonyl (C=O) groups is 1. The monoisotopic (exact) mass is 319 g/mol. The van der Waals surface area contributed by atoms with Crippen LogP contribution < -0.4 is 10.3 Å². The number of rotatable bonds is 4. The van der Waals surface area contributed by atoms with Crippen molar-refractivity contribution in [1.82, 2.24) is 5.43 Å². The summed E-state index contributed by atoms with van der Waals surface area (Å²) >= 11 is 0. The van der Waals surface area contributed by atoms with Crippen LogP contribution >= 0.6 is 0 Å². The molecule has 0 saturated heterocycles. The van der Waals surface area contributed by atoms with Crippen LogP contribution in [0, 0.1) is 11.6 Å². The van der Waals surface area contributed by atoms with E-state index < -0.39 is 28.9 Å². The van der Waals surface area contributed by atoms with Gasteiger partial charge in [-0.3, -0.25) is 4.79 Å². The highest BCUT2D eigenvalue weighted by molar-refractivity contribution is 5.95. The molecule has 120 valence electrons. The van der Waals surface area contributed by atoms with Gasteiger partial charge >= 0.3 is 0 Å². The fraction of sp³-hybridized carbons (Fsp3) is 0.125. The zero-order valence-corrected chi connectivity index (χ0v) is 12.5. The van der Waals surface area contributed by atoms with E-state index in [-0.39, 0.29) is 0 Å². The lowest BCUT2D eigenvalue weighted by molar-refractivity contribution is 0.0955. The Kier molecular flexibility index (Phi) is 4.90. The molecule has 2 N–H and O–H groups in total. The first-order valence-electron chi connectivity index (χ1n) is 6.68. The molecule has 0 aliphatic rings. The predicted molar refractivity (Wildman–Crippen MR) is 83.9 cm³/mol. The molecule has 0 saturated carbocycles. The number of hydrazone groups is 1. The van der Waals surface area contributed by atoms with E-state index in [1.165, 1.54) is 0 Å². The number of phenols is 1. The Morgan fingerprint density at radius 2 is 2.00 bits per heavy atom. The molecule has 2 aromatic carbocycles. The van der Waals surface area contributed by atoms with Crippen LogP contribution in [0.2, 0.25) is 0 Å². The van der Waals surface area contributed by atoms with Gasteiger partial charge in [-0.2, -0.15) is 5.10 Å². The van der Waals surface area contributed by atoms with Crippen molar-refractivity contribution >= 4 is 17.8 Å². The summed E-state index contributed by atoms with van der Waals surface area (Å²) in [6.45, 7) is 0. The molecule has 23 heavy (non-hydrogen) atoms. The number of nitrogens with zero attached hydrogens (tertiary/aromatic N) is 2. The van der Waals surface area contributed by atoms with Crippen LogP contribution in [-0.4, -0.2) is 31.3 Å². The molecule has 0 aliphatic heterocycles. The fourth-order valence-corrected chi connectivity index (χ4v) is 1.82. The van der Waals surface area contributed by atoms with E-state index in [0.717, 1.165) is 24.0 Å². The van der Waals surface area contributed by atoms with Crippen LogP contribution in [0.5, 0.6) is 5.75 Å².